The van der Waals surface area contributed by atoms with Gasteiger partial charge >= 0.3 is 0 Å². The van der Waals surface area contributed by atoms with Crippen LogP contribution in [-0.2, 0) is 0 Å². The quantitative estimate of drug-likeness (QED) is 0.685. The number of pyridine rings is 1. The van der Waals surface area contributed by atoms with Gasteiger partial charge in [-0.3, -0.25) is 9.78 Å². The predicted molar refractivity (Wildman–Crippen MR) is 87.9 cm³/mol. The lowest BCUT2D eigenvalue weighted by molar-refractivity contribution is 0.0960. The molecule has 1 aliphatic heterocycles. The first-order valence-electron chi connectivity index (χ1n) is 6.71. The fraction of sp³-hybridized carbons (Fsp3) is 0.250. The first-order valence-corrected chi connectivity index (χ1v) is 8.29. The summed E-state index contributed by atoms with van der Waals surface area (Å²) in [7, 11) is 0. The van der Waals surface area contributed by atoms with Crippen molar-refractivity contribution in [3.8, 4) is 5.75 Å². The maximum Gasteiger partial charge on any atom is 0.182 e. The summed E-state index contributed by atoms with van der Waals surface area (Å²) in [6.45, 7) is 0.657. The molecule has 3 rings (SSSR count). The van der Waals surface area contributed by atoms with Crippen LogP contribution in [-0.4, -0.2) is 17.4 Å². The van der Waals surface area contributed by atoms with Crippen LogP contribution in [0.15, 0.2) is 45.5 Å². The van der Waals surface area contributed by atoms with E-state index in [1.807, 2.05) is 30.3 Å². The Kier molecular flexibility index (Phi) is 4.40. The molecule has 1 atom stereocenters. The van der Waals surface area contributed by atoms with Crippen LogP contribution in [0.1, 0.15) is 34.8 Å². The predicted octanol–water partition coefficient (Wildman–Crippen LogP) is 4.75. The lowest BCUT2D eigenvalue weighted by Crippen LogP contribution is -2.17. The molecule has 5 heteroatoms. The molecule has 21 heavy (non-hydrogen) atoms. The van der Waals surface area contributed by atoms with Gasteiger partial charge in [0.05, 0.1) is 6.61 Å². The van der Waals surface area contributed by atoms with Gasteiger partial charge in [-0.25, -0.2) is 0 Å². The smallest absolute Gasteiger partial charge is 0.182 e. The number of halogens is 2. The monoisotopic (exact) mass is 409 g/mol. The summed E-state index contributed by atoms with van der Waals surface area (Å²) >= 11 is 6.75. The van der Waals surface area contributed by atoms with Crippen LogP contribution in [0, 0.1) is 0 Å². The van der Waals surface area contributed by atoms with E-state index >= 15 is 0 Å². The van der Waals surface area contributed by atoms with E-state index < -0.39 is 0 Å². The van der Waals surface area contributed by atoms with Crippen LogP contribution in [0.25, 0.3) is 0 Å². The molecule has 1 aliphatic rings. The molecule has 0 radical (unpaired) electrons. The van der Waals surface area contributed by atoms with Gasteiger partial charge in [0, 0.05) is 21.6 Å². The van der Waals surface area contributed by atoms with Crippen molar-refractivity contribution in [2.24, 2.45) is 0 Å². The van der Waals surface area contributed by atoms with Crippen LogP contribution < -0.4 is 4.74 Å². The van der Waals surface area contributed by atoms with Gasteiger partial charge in [0.2, 0.25) is 0 Å². The molecule has 0 saturated heterocycles. The molecule has 0 spiro atoms. The Balaban J connectivity index is 1.83. The Morgan fingerprint density at radius 1 is 1.33 bits per heavy atom. The van der Waals surface area contributed by atoms with Gasteiger partial charge in [0.25, 0.3) is 0 Å². The molecule has 0 aliphatic carbocycles. The molecular formula is C16H13Br2NO2. The number of aromatic nitrogens is 1. The molecule has 0 N–H and O–H groups in total. The van der Waals surface area contributed by atoms with Crippen molar-refractivity contribution in [3.05, 3.63) is 56.7 Å². The van der Waals surface area contributed by atoms with Crippen LogP contribution in [0.3, 0.4) is 0 Å². The van der Waals surface area contributed by atoms with E-state index in [9.17, 15) is 4.79 Å². The highest BCUT2D eigenvalue weighted by molar-refractivity contribution is 9.11. The molecule has 3 nitrogen and oxygen atoms in total. The van der Waals surface area contributed by atoms with E-state index in [2.05, 4.69) is 36.8 Å². The molecule has 0 amide bonds. The zero-order valence-corrected chi connectivity index (χ0v) is 14.4. The van der Waals surface area contributed by atoms with Crippen LogP contribution in [0.5, 0.6) is 5.75 Å². The van der Waals surface area contributed by atoms with E-state index in [4.69, 9.17) is 4.74 Å². The van der Waals surface area contributed by atoms with Crippen molar-refractivity contribution in [1.82, 2.24) is 4.98 Å². The van der Waals surface area contributed by atoms with Gasteiger partial charge in [-0.1, -0.05) is 18.2 Å². The number of nitrogens with zero attached hydrogens (tertiary/aromatic N) is 1. The average molecular weight is 411 g/mol. The van der Waals surface area contributed by atoms with Crippen LogP contribution >= 0.6 is 31.9 Å². The van der Waals surface area contributed by atoms with Crippen molar-refractivity contribution in [2.75, 3.05) is 6.61 Å². The van der Waals surface area contributed by atoms with E-state index in [1.165, 1.54) is 0 Å². The summed E-state index contributed by atoms with van der Waals surface area (Å²) in [6, 6.07) is 9.78. The SMILES string of the molecule is O=C(CC1CCOc2ccccc21)c1ncc(Br)cc1Br. The minimum atomic E-state index is 0.0519. The zero-order chi connectivity index (χ0) is 14.8. The van der Waals surface area contributed by atoms with Gasteiger partial charge in [-0.2, -0.15) is 0 Å². The van der Waals surface area contributed by atoms with E-state index in [1.54, 1.807) is 6.20 Å². The largest absolute Gasteiger partial charge is 0.493 e. The van der Waals surface area contributed by atoms with E-state index in [0.717, 1.165) is 26.7 Å². The number of hydrogen-bond donors (Lipinski definition) is 0. The fourth-order valence-electron chi connectivity index (χ4n) is 2.57. The van der Waals surface area contributed by atoms with Gasteiger partial charge < -0.3 is 4.74 Å². The number of ketones is 1. The summed E-state index contributed by atoms with van der Waals surface area (Å²) in [5, 5.41) is 0. The van der Waals surface area contributed by atoms with Crippen molar-refractivity contribution >= 4 is 37.6 Å². The lowest BCUT2D eigenvalue weighted by atomic mass is 9.88. The number of ether oxygens (including phenoxy) is 1. The Labute approximate surface area is 140 Å². The number of carbonyl (C=O) groups excluding carboxylic acids is 1. The molecule has 0 bridgehead atoms. The average Bonchev–Trinajstić information content (AvgIpc) is 2.47. The molecule has 1 unspecified atom stereocenters. The second-order valence-electron chi connectivity index (χ2n) is 4.98. The third-order valence-electron chi connectivity index (χ3n) is 3.59. The highest BCUT2D eigenvalue weighted by Gasteiger charge is 2.25. The summed E-state index contributed by atoms with van der Waals surface area (Å²) in [5.41, 5.74) is 1.60. The number of rotatable bonds is 3. The Hall–Kier alpha value is -1.20. The molecule has 1 aromatic carbocycles. The molecule has 0 fully saturated rings. The van der Waals surface area contributed by atoms with Crippen LogP contribution in [0.2, 0.25) is 0 Å². The fourth-order valence-corrected chi connectivity index (χ4v) is 3.78. The minimum absolute atomic E-state index is 0.0519. The van der Waals surface area contributed by atoms with Crippen LogP contribution in [0.4, 0.5) is 0 Å². The minimum Gasteiger partial charge on any atom is -0.493 e. The Bertz CT molecular complexity index is 688. The van der Waals surface area contributed by atoms with Crippen molar-refractivity contribution in [3.63, 3.8) is 0 Å². The first-order chi connectivity index (χ1) is 10.1. The van der Waals surface area contributed by atoms with Crippen molar-refractivity contribution in [2.45, 2.75) is 18.8 Å². The van der Waals surface area contributed by atoms with Crippen molar-refractivity contribution < 1.29 is 9.53 Å². The number of carbonyl (C=O) groups is 1. The number of hydrogen-bond acceptors (Lipinski definition) is 3. The Morgan fingerprint density at radius 3 is 2.95 bits per heavy atom. The normalized spacial score (nSPS) is 17.0. The summed E-state index contributed by atoms with van der Waals surface area (Å²) < 4.78 is 7.21. The molecule has 1 aromatic heterocycles. The van der Waals surface area contributed by atoms with Gasteiger partial charge in [0.1, 0.15) is 11.4 Å². The van der Waals surface area contributed by atoms with Gasteiger partial charge in [-0.05, 0) is 61.9 Å². The highest BCUT2D eigenvalue weighted by Crippen LogP contribution is 2.36. The third kappa shape index (κ3) is 3.19. The number of benzene rings is 1. The van der Waals surface area contributed by atoms with E-state index in [-0.39, 0.29) is 11.7 Å². The van der Waals surface area contributed by atoms with Gasteiger partial charge in [0.15, 0.2) is 5.78 Å². The number of fused-ring (bicyclic) bond motifs is 1. The van der Waals surface area contributed by atoms with Gasteiger partial charge in [-0.15, -0.1) is 0 Å². The Morgan fingerprint density at radius 2 is 2.14 bits per heavy atom. The number of para-hydroxylation sites is 1. The molecule has 2 heterocycles. The third-order valence-corrected chi connectivity index (χ3v) is 4.62. The first kappa shape index (κ1) is 14.7. The number of Topliss-reactive ketones (excluding diaryl/α,β-unsaturated/α-hetero) is 1. The van der Waals surface area contributed by atoms with E-state index in [0.29, 0.717) is 18.7 Å². The molecule has 0 saturated carbocycles. The summed E-state index contributed by atoms with van der Waals surface area (Å²) in [4.78, 5) is 16.7. The molecule has 2 aromatic rings. The topological polar surface area (TPSA) is 39.2 Å². The summed E-state index contributed by atoms with van der Waals surface area (Å²) in [6.07, 6.45) is 2.96. The zero-order valence-electron chi connectivity index (χ0n) is 11.2. The highest BCUT2D eigenvalue weighted by atomic mass is 79.9. The lowest BCUT2D eigenvalue weighted by Gasteiger charge is -2.25. The second kappa shape index (κ2) is 6.28. The maximum atomic E-state index is 12.5. The summed E-state index contributed by atoms with van der Waals surface area (Å²) in [5.74, 6) is 1.14. The molecular weight excluding hydrogens is 398 g/mol. The second-order valence-corrected chi connectivity index (χ2v) is 6.75. The standard InChI is InChI=1S/C16H13Br2NO2/c17-11-8-13(18)16(19-9-11)14(20)7-10-5-6-21-15-4-2-1-3-12(10)15/h1-4,8-10H,5-7H2. The maximum absolute atomic E-state index is 12.5. The molecule has 108 valence electrons. The van der Waals surface area contributed by atoms with Crippen molar-refractivity contribution in [1.29, 1.82) is 0 Å².